The molecule has 1 aromatic carbocycles. The fourth-order valence-electron chi connectivity index (χ4n) is 3.30. The molecule has 0 radical (unpaired) electrons. The molecule has 2 fully saturated rings. The van der Waals surface area contributed by atoms with Crippen LogP contribution in [0.4, 0.5) is 0 Å². The molecule has 1 heterocycles. The second kappa shape index (κ2) is 6.16. The Morgan fingerprint density at radius 2 is 1.76 bits per heavy atom. The van der Waals surface area contributed by atoms with Crippen molar-refractivity contribution >= 4 is 5.91 Å². The summed E-state index contributed by atoms with van der Waals surface area (Å²) in [4.78, 5) is 17.4. The van der Waals surface area contributed by atoms with Crippen LogP contribution in [0.15, 0.2) is 30.3 Å². The molecule has 0 unspecified atom stereocenters. The SMILES string of the molecule is NCCCN1CCN(C(=O)C2(c3ccccc3)CC2)CC1. The minimum absolute atomic E-state index is 0.208. The maximum absolute atomic E-state index is 12.9. The average molecular weight is 287 g/mol. The number of benzene rings is 1. The van der Waals surface area contributed by atoms with Gasteiger partial charge in [-0.1, -0.05) is 30.3 Å². The Bertz CT molecular complexity index is 476. The number of carbonyl (C=O) groups is 1. The van der Waals surface area contributed by atoms with E-state index < -0.39 is 0 Å². The molecule has 4 nitrogen and oxygen atoms in total. The van der Waals surface area contributed by atoms with Crippen molar-refractivity contribution in [3.05, 3.63) is 35.9 Å². The van der Waals surface area contributed by atoms with Crippen molar-refractivity contribution in [2.75, 3.05) is 39.3 Å². The highest BCUT2D eigenvalue weighted by molar-refractivity contribution is 5.91. The summed E-state index contributed by atoms with van der Waals surface area (Å²) in [6.07, 6.45) is 3.05. The summed E-state index contributed by atoms with van der Waals surface area (Å²) in [6, 6.07) is 10.3. The normalized spacial score (nSPS) is 21.3. The lowest BCUT2D eigenvalue weighted by Gasteiger charge is -2.36. The van der Waals surface area contributed by atoms with Crippen LogP contribution in [0.25, 0.3) is 0 Å². The third-order valence-electron chi connectivity index (χ3n) is 4.82. The Morgan fingerprint density at radius 3 is 2.33 bits per heavy atom. The molecule has 1 saturated carbocycles. The predicted octanol–water partition coefficient (Wildman–Crippen LogP) is 1.21. The standard InChI is InChI=1S/C17H25N3O/c18-9-4-10-19-11-13-20(14-12-19)16(21)17(7-8-17)15-5-2-1-3-6-15/h1-3,5-6H,4,7-14,18H2. The molecule has 21 heavy (non-hydrogen) atoms. The fraction of sp³-hybridized carbons (Fsp3) is 0.588. The van der Waals surface area contributed by atoms with Gasteiger partial charge in [0.1, 0.15) is 0 Å². The van der Waals surface area contributed by atoms with E-state index in [4.69, 9.17) is 5.73 Å². The fourth-order valence-corrected chi connectivity index (χ4v) is 3.30. The van der Waals surface area contributed by atoms with Gasteiger partial charge in [0, 0.05) is 26.2 Å². The van der Waals surface area contributed by atoms with E-state index in [0.29, 0.717) is 5.91 Å². The Hall–Kier alpha value is -1.39. The molecule has 1 amide bonds. The van der Waals surface area contributed by atoms with Crippen LogP contribution >= 0.6 is 0 Å². The Kier molecular flexibility index (Phi) is 4.27. The van der Waals surface area contributed by atoms with E-state index in [9.17, 15) is 4.79 Å². The molecule has 4 heteroatoms. The van der Waals surface area contributed by atoms with E-state index in [-0.39, 0.29) is 5.41 Å². The van der Waals surface area contributed by atoms with Gasteiger partial charge in [-0.2, -0.15) is 0 Å². The topological polar surface area (TPSA) is 49.6 Å². The molecule has 1 saturated heterocycles. The quantitative estimate of drug-likeness (QED) is 0.885. The van der Waals surface area contributed by atoms with E-state index in [0.717, 1.165) is 58.5 Å². The Morgan fingerprint density at radius 1 is 1.10 bits per heavy atom. The number of nitrogens with two attached hydrogens (primary N) is 1. The zero-order chi connectivity index (χ0) is 14.7. The Labute approximate surface area is 126 Å². The van der Waals surface area contributed by atoms with Gasteiger partial charge in [-0.25, -0.2) is 0 Å². The van der Waals surface area contributed by atoms with Gasteiger partial charge in [0.25, 0.3) is 0 Å². The van der Waals surface area contributed by atoms with Crippen LogP contribution < -0.4 is 5.73 Å². The molecule has 1 aliphatic heterocycles. The van der Waals surface area contributed by atoms with E-state index >= 15 is 0 Å². The summed E-state index contributed by atoms with van der Waals surface area (Å²) in [5.41, 5.74) is 6.55. The van der Waals surface area contributed by atoms with Crippen molar-refractivity contribution in [1.82, 2.24) is 9.80 Å². The zero-order valence-electron chi connectivity index (χ0n) is 12.6. The van der Waals surface area contributed by atoms with Crippen LogP contribution in [0.1, 0.15) is 24.8 Å². The minimum Gasteiger partial charge on any atom is -0.339 e. The molecule has 2 aliphatic rings. The summed E-state index contributed by atoms with van der Waals surface area (Å²) >= 11 is 0. The lowest BCUT2D eigenvalue weighted by Crippen LogP contribution is -2.51. The van der Waals surface area contributed by atoms with E-state index in [1.807, 2.05) is 18.2 Å². The first kappa shape index (κ1) is 14.5. The van der Waals surface area contributed by atoms with Gasteiger partial charge in [0.05, 0.1) is 5.41 Å². The van der Waals surface area contributed by atoms with Crippen molar-refractivity contribution in [3.63, 3.8) is 0 Å². The molecule has 2 N–H and O–H groups in total. The van der Waals surface area contributed by atoms with E-state index in [1.54, 1.807) is 0 Å². The first-order valence-corrected chi connectivity index (χ1v) is 8.03. The lowest BCUT2D eigenvalue weighted by molar-refractivity contribution is -0.135. The third kappa shape index (κ3) is 2.97. The third-order valence-corrected chi connectivity index (χ3v) is 4.82. The summed E-state index contributed by atoms with van der Waals surface area (Å²) < 4.78 is 0. The molecule has 0 aromatic heterocycles. The number of amides is 1. The predicted molar refractivity (Wildman–Crippen MR) is 84.0 cm³/mol. The summed E-state index contributed by atoms with van der Waals surface area (Å²) in [6.45, 7) is 5.49. The van der Waals surface area contributed by atoms with Gasteiger partial charge in [-0.15, -0.1) is 0 Å². The number of hydrogen-bond acceptors (Lipinski definition) is 3. The lowest BCUT2D eigenvalue weighted by atomic mass is 9.94. The first-order valence-electron chi connectivity index (χ1n) is 8.03. The molecule has 0 spiro atoms. The van der Waals surface area contributed by atoms with Gasteiger partial charge in [0.15, 0.2) is 0 Å². The summed E-state index contributed by atoms with van der Waals surface area (Å²) in [7, 11) is 0. The highest BCUT2D eigenvalue weighted by atomic mass is 16.2. The summed E-state index contributed by atoms with van der Waals surface area (Å²) in [5, 5.41) is 0. The second-order valence-electron chi connectivity index (χ2n) is 6.22. The number of piperazine rings is 1. The monoisotopic (exact) mass is 287 g/mol. The number of rotatable bonds is 5. The highest BCUT2D eigenvalue weighted by Gasteiger charge is 2.53. The van der Waals surface area contributed by atoms with Crippen molar-refractivity contribution < 1.29 is 4.79 Å². The van der Waals surface area contributed by atoms with Crippen LogP contribution in [0.3, 0.4) is 0 Å². The van der Waals surface area contributed by atoms with Crippen LogP contribution in [-0.2, 0) is 10.2 Å². The number of hydrogen-bond donors (Lipinski definition) is 1. The van der Waals surface area contributed by atoms with E-state index in [1.165, 1.54) is 5.56 Å². The maximum Gasteiger partial charge on any atom is 0.233 e. The van der Waals surface area contributed by atoms with Crippen LogP contribution in [-0.4, -0.2) is 55.0 Å². The van der Waals surface area contributed by atoms with Crippen molar-refractivity contribution in [1.29, 1.82) is 0 Å². The summed E-state index contributed by atoms with van der Waals surface area (Å²) in [5.74, 6) is 0.340. The molecular weight excluding hydrogens is 262 g/mol. The average Bonchev–Trinajstić information content (AvgIpc) is 3.35. The molecule has 114 valence electrons. The second-order valence-corrected chi connectivity index (χ2v) is 6.22. The molecule has 0 atom stereocenters. The largest absolute Gasteiger partial charge is 0.339 e. The molecule has 3 rings (SSSR count). The van der Waals surface area contributed by atoms with Gasteiger partial charge >= 0.3 is 0 Å². The molecule has 1 aromatic rings. The zero-order valence-corrected chi connectivity index (χ0v) is 12.6. The van der Waals surface area contributed by atoms with Gasteiger partial charge < -0.3 is 10.6 Å². The van der Waals surface area contributed by atoms with Crippen molar-refractivity contribution in [2.24, 2.45) is 5.73 Å². The van der Waals surface area contributed by atoms with Gasteiger partial charge in [-0.05, 0) is 37.9 Å². The van der Waals surface area contributed by atoms with Crippen LogP contribution in [0, 0.1) is 0 Å². The maximum atomic E-state index is 12.9. The molecule has 1 aliphatic carbocycles. The van der Waals surface area contributed by atoms with Gasteiger partial charge in [-0.3, -0.25) is 9.69 Å². The molecule has 0 bridgehead atoms. The van der Waals surface area contributed by atoms with Crippen LogP contribution in [0.5, 0.6) is 0 Å². The van der Waals surface area contributed by atoms with Gasteiger partial charge in [0.2, 0.25) is 5.91 Å². The smallest absolute Gasteiger partial charge is 0.233 e. The van der Waals surface area contributed by atoms with E-state index in [2.05, 4.69) is 21.9 Å². The first-order chi connectivity index (χ1) is 10.3. The van der Waals surface area contributed by atoms with Crippen molar-refractivity contribution in [2.45, 2.75) is 24.7 Å². The number of nitrogens with zero attached hydrogens (tertiary/aromatic N) is 2. The van der Waals surface area contributed by atoms with Crippen LogP contribution in [0.2, 0.25) is 0 Å². The number of carbonyl (C=O) groups excluding carboxylic acids is 1. The Balaban J connectivity index is 1.60. The molecular formula is C17H25N3O. The van der Waals surface area contributed by atoms with Crippen molar-refractivity contribution in [3.8, 4) is 0 Å². The minimum atomic E-state index is -0.208. The highest BCUT2D eigenvalue weighted by Crippen LogP contribution is 2.49.